The van der Waals surface area contributed by atoms with Gasteiger partial charge in [-0.3, -0.25) is 0 Å². The molecule has 0 amide bonds. The minimum atomic E-state index is -0.160. The lowest BCUT2D eigenvalue weighted by atomic mass is 9.76. The van der Waals surface area contributed by atoms with E-state index in [2.05, 4.69) is 42.6 Å². The van der Waals surface area contributed by atoms with Gasteiger partial charge in [0, 0.05) is 11.6 Å². The molecule has 1 nitrogen and oxygen atoms in total. The molecule has 2 aromatic rings. The highest BCUT2D eigenvalue weighted by Crippen LogP contribution is 2.50. The van der Waals surface area contributed by atoms with Crippen molar-refractivity contribution < 1.29 is 4.39 Å². The maximum atomic E-state index is 13.6. The Hall–Kier alpha value is -2.09. The number of aryl methyl sites for hydroxylation is 1. The van der Waals surface area contributed by atoms with E-state index in [4.69, 9.17) is 0 Å². The van der Waals surface area contributed by atoms with Crippen LogP contribution in [-0.2, 0) is 0 Å². The zero-order valence-corrected chi connectivity index (χ0v) is 12.0. The molecule has 4 rings (SSSR count). The number of anilines is 1. The molecule has 0 aromatic heterocycles. The van der Waals surface area contributed by atoms with Crippen molar-refractivity contribution in [1.29, 1.82) is 0 Å². The maximum absolute atomic E-state index is 13.6. The highest BCUT2D eigenvalue weighted by molar-refractivity contribution is 5.63. The Morgan fingerprint density at radius 3 is 2.86 bits per heavy atom. The predicted molar refractivity (Wildman–Crippen MR) is 83.9 cm³/mol. The van der Waals surface area contributed by atoms with Crippen LogP contribution in [0.5, 0.6) is 0 Å². The Balaban J connectivity index is 1.83. The van der Waals surface area contributed by atoms with Crippen molar-refractivity contribution in [3.05, 3.63) is 77.1 Å². The summed E-state index contributed by atoms with van der Waals surface area (Å²) in [5, 5.41) is 3.67. The molecule has 0 fully saturated rings. The van der Waals surface area contributed by atoms with Gasteiger partial charge in [-0.2, -0.15) is 0 Å². The minimum absolute atomic E-state index is 0.160. The van der Waals surface area contributed by atoms with Crippen molar-refractivity contribution in [3.63, 3.8) is 0 Å². The highest BCUT2D eigenvalue weighted by atomic mass is 19.1. The summed E-state index contributed by atoms with van der Waals surface area (Å²) in [6, 6.07) is 13.6. The number of benzene rings is 2. The monoisotopic (exact) mass is 279 g/mol. The molecule has 0 bridgehead atoms. The Morgan fingerprint density at radius 1 is 1.14 bits per heavy atom. The first kappa shape index (κ1) is 12.6. The summed E-state index contributed by atoms with van der Waals surface area (Å²) < 4.78 is 13.6. The summed E-state index contributed by atoms with van der Waals surface area (Å²) >= 11 is 0. The third kappa shape index (κ3) is 1.98. The van der Waals surface area contributed by atoms with Crippen LogP contribution in [0, 0.1) is 18.7 Å². The van der Waals surface area contributed by atoms with E-state index in [-0.39, 0.29) is 11.9 Å². The third-order valence-electron chi connectivity index (χ3n) is 4.81. The minimum Gasteiger partial charge on any atom is -0.377 e. The van der Waals surface area contributed by atoms with Crippen molar-refractivity contribution in [2.24, 2.45) is 5.92 Å². The first-order chi connectivity index (χ1) is 10.2. The van der Waals surface area contributed by atoms with Crippen LogP contribution in [0.3, 0.4) is 0 Å². The van der Waals surface area contributed by atoms with E-state index < -0.39 is 0 Å². The number of para-hydroxylation sites is 1. The quantitative estimate of drug-likeness (QED) is 0.727. The van der Waals surface area contributed by atoms with Gasteiger partial charge in [-0.1, -0.05) is 42.5 Å². The molecule has 2 aromatic carbocycles. The number of nitrogens with one attached hydrogen (secondary N) is 1. The summed E-state index contributed by atoms with van der Waals surface area (Å²) in [6.45, 7) is 2.13. The van der Waals surface area contributed by atoms with Gasteiger partial charge in [-0.15, -0.1) is 0 Å². The summed E-state index contributed by atoms with van der Waals surface area (Å²) in [6.07, 6.45) is 5.63. The molecule has 0 saturated carbocycles. The van der Waals surface area contributed by atoms with Gasteiger partial charge in [0.2, 0.25) is 0 Å². The van der Waals surface area contributed by atoms with Gasteiger partial charge >= 0.3 is 0 Å². The van der Waals surface area contributed by atoms with E-state index in [9.17, 15) is 4.39 Å². The van der Waals surface area contributed by atoms with Crippen molar-refractivity contribution in [3.8, 4) is 0 Å². The molecule has 2 aliphatic rings. The molecule has 1 N–H and O–H groups in total. The summed E-state index contributed by atoms with van der Waals surface area (Å²) in [5.74, 6) is 0.753. The van der Waals surface area contributed by atoms with Crippen molar-refractivity contribution >= 4 is 5.69 Å². The van der Waals surface area contributed by atoms with Gasteiger partial charge in [0.1, 0.15) is 5.82 Å². The first-order valence-corrected chi connectivity index (χ1v) is 7.52. The molecule has 106 valence electrons. The van der Waals surface area contributed by atoms with Gasteiger partial charge in [0.25, 0.3) is 0 Å². The van der Waals surface area contributed by atoms with Crippen LogP contribution in [0.2, 0.25) is 0 Å². The van der Waals surface area contributed by atoms with Gasteiger partial charge in [-0.05, 0) is 48.1 Å². The first-order valence-electron chi connectivity index (χ1n) is 7.52. The van der Waals surface area contributed by atoms with Crippen LogP contribution in [0.1, 0.15) is 35.1 Å². The number of hydrogen-bond acceptors (Lipinski definition) is 1. The lowest BCUT2D eigenvalue weighted by Crippen LogP contribution is -2.29. The number of halogens is 1. The van der Waals surface area contributed by atoms with E-state index in [1.807, 2.05) is 6.07 Å². The third-order valence-corrected chi connectivity index (χ3v) is 4.81. The van der Waals surface area contributed by atoms with Gasteiger partial charge in [0.15, 0.2) is 0 Å². The molecular formula is C19H18FN. The lowest BCUT2D eigenvalue weighted by molar-refractivity contribution is 0.424. The van der Waals surface area contributed by atoms with E-state index in [0.717, 1.165) is 12.0 Å². The largest absolute Gasteiger partial charge is 0.377 e. The van der Waals surface area contributed by atoms with Crippen molar-refractivity contribution in [2.45, 2.75) is 25.3 Å². The number of hydrogen-bond donors (Lipinski definition) is 1. The highest BCUT2D eigenvalue weighted by Gasteiger charge is 2.38. The predicted octanol–water partition coefficient (Wildman–Crippen LogP) is 4.96. The smallest absolute Gasteiger partial charge is 0.123 e. The number of allylic oxidation sites excluding steroid dienone is 2. The van der Waals surface area contributed by atoms with Crippen molar-refractivity contribution in [2.75, 3.05) is 5.32 Å². The molecule has 1 heterocycles. The molecule has 2 heteroatoms. The fraction of sp³-hybridized carbons (Fsp3) is 0.263. The van der Waals surface area contributed by atoms with Crippen LogP contribution in [0.4, 0.5) is 10.1 Å². The molecular weight excluding hydrogens is 261 g/mol. The molecule has 1 aliphatic heterocycles. The normalized spacial score (nSPS) is 26.1. The fourth-order valence-electron chi connectivity index (χ4n) is 3.81. The summed E-state index contributed by atoms with van der Waals surface area (Å²) in [7, 11) is 0. The maximum Gasteiger partial charge on any atom is 0.123 e. The Bertz CT molecular complexity index is 719. The lowest BCUT2D eigenvalue weighted by Gasteiger charge is -2.38. The number of rotatable bonds is 1. The standard InChI is InChI=1S/C19H18FN/c1-12-5-2-9-16-15-8-4-10-17(15)19(21-18(12)16)13-6-3-7-14(20)11-13/h2-9,11,15,17,19,21H,10H2,1H3/t15-,17-,19+/m0/s1. The zero-order valence-electron chi connectivity index (χ0n) is 12.0. The Morgan fingerprint density at radius 2 is 2.00 bits per heavy atom. The van der Waals surface area contributed by atoms with Crippen LogP contribution in [0.25, 0.3) is 0 Å². The molecule has 0 saturated heterocycles. The Labute approximate surface area is 124 Å². The summed E-state index contributed by atoms with van der Waals surface area (Å²) in [5.41, 5.74) is 4.90. The van der Waals surface area contributed by atoms with Crippen LogP contribution in [0.15, 0.2) is 54.6 Å². The van der Waals surface area contributed by atoms with Crippen LogP contribution >= 0.6 is 0 Å². The van der Waals surface area contributed by atoms with Gasteiger partial charge < -0.3 is 5.32 Å². The fourth-order valence-corrected chi connectivity index (χ4v) is 3.81. The van der Waals surface area contributed by atoms with E-state index >= 15 is 0 Å². The second-order valence-electron chi connectivity index (χ2n) is 6.07. The van der Waals surface area contributed by atoms with Crippen molar-refractivity contribution in [1.82, 2.24) is 0 Å². The topological polar surface area (TPSA) is 12.0 Å². The van der Waals surface area contributed by atoms with Gasteiger partial charge in [0.05, 0.1) is 6.04 Å². The van der Waals surface area contributed by atoms with E-state index in [1.165, 1.54) is 22.9 Å². The van der Waals surface area contributed by atoms with Gasteiger partial charge in [-0.25, -0.2) is 4.39 Å². The van der Waals surface area contributed by atoms with E-state index in [1.54, 1.807) is 12.1 Å². The SMILES string of the molecule is Cc1cccc2c1N[C@H](c1cccc(F)c1)[C@H]1CC=C[C@@H]21. The molecule has 0 spiro atoms. The zero-order chi connectivity index (χ0) is 14.4. The average Bonchev–Trinajstić information content (AvgIpc) is 2.96. The number of fused-ring (bicyclic) bond motifs is 3. The van der Waals surface area contributed by atoms with Crippen LogP contribution < -0.4 is 5.32 Å². The molecule has 0 unspecified atom stereocenters. The second-order valence-corrected chi connectivity index (χ2v) is 6.07. The molecule has 21 heavy (non-hydrogen) atoms. The van der Waals surface area contributed by atoms with Crippen LogP contribution in [-0.4, -0.2) is 0 Å². The Kier molecular flexibility index (Phi) is 2.85. The molecule has 0 radical (unpaired) electrons. The average molecular weight is 279 g/mol. The van der Waals surface area contributed by atoms with E-state index in [0.29, 0.717) is 11.8 Å². The molecule has 1 aliphatic carbocycles. The summed E-state index contributed by atoms with van der Waals surface area (Å²) in [4.78, 5) is 0. The second kappa shape index (κ2) is 4.73. The molecule has 3 atom stereocenters.